The van der Waals surface area contributed by atoms with Crippen molar-refractivity contribution in [2.75, 3.05) is 19.0 Å². The summed E-state index contributed by atoms with van der Waals surface area (Å²) >= 11 is 6.18. The highest BCUT2D eigenvalue weighted by Crippen LogP contribution is 2.34. The lowest BCUT2D eigenvalue weighted by Crippen LogP contribution is -2.37. The number of nitrogens with zero attached hydrogens (tertiary/aromatic N) is 4. The third-order valence-corrected chi connectivity index (χ3v) is 6.92. The molecule has 5 N–H and O–H groups in total. The molecule has 206 valence electrons. The molecular formula is C28H28ClN7O4. The fourth-order valence-electron chi connectivity index (χ4n) is 4.68. The Morgan fingerprint density at radius 2 is 2.00 bits per heavy atom. The quantitative estimate of drug-likeness (QED) is 0.266. The molecule has 0 aliphatic rings. The first-order chi connectivity index (χ1) is 19.2. The number of halogens is 1. The molecule has 40 heavy (non-hydrogen) atoms. The van der Waals surface area contributed by atoms with Gasteiger partial charge in [-0.2, -0.15) is 10.4 Å². The zero-order valence-electron chi connectivity index (χ0n) is 21.9. The molecule has 0 radical (unpaired) electrons. The van der Waals surface area contributed by atoms with E-state index in [9.17, 15) is 19.6 Å². The maximum absolute atomic E-state index is 13.7. The number of benzene rings is 1. The number of hydrogen-bond acceptors (Lipinski definition) is 7. The first-order valence-corrected chi connectivity index (χ1v) is 12.8. The van der Waals surface area contributed by atoms with E-state index in [0.717, 1.165) is 0 Å². The molecule has 3 heterocycles. The van der Waals surface area contributed by atoms with Crippen molar-refractivity contribution < 1.29 is 14.3 Å². The van der Waals surface area contributed by atoms with Crippen LogP contribution in [-0.4, -0.2) is 39.7 Å². The van der Waals surface area contributed by atoms with E-state index in [1.165, 1.54) is 34.7 Å². The van der Waals surface area contributed by atoms with Gasteiger partial charge in [0.1, 0.15) is 11.8 Å². The molecule has 0 bridgehead atoms. The molecule has 1 aromatic carbocycles. The smallest absolute Gasteiger partial charge is 0.252 e. The largest absolute Gasteiger partial charge is 0.495 e. The van der Waals surface area contributed by atoms with Crippen LogP contribution in [0.4, 0.5) is 5.69 Å². The van der Waals surface area contributed by atoms with E-state index >= 15 is 0 Å². The Morgan fingerprint density at radius 3 is 2.67 bits per heavy atom. The fourth-order valence-corrected chi connectivity index (χ4v) is 4.85. The van der Waals surface area contributed by atoms with Gasteiger partial charge in [-0.1, -0.05) is 18.5 Å². The average Bonchev–Trinajstić information content (AvgIpc) is 3.36. The number of ether oxygens (including phenoxy) is 1. The van der Waals surface area contributed by atoms with Crippen molar-refractivity contribution in [3.8, 4) is 22.9 Å². The highest BCUT2D eigenvalue weighted by molar-refractivity contribution is 6.31. The number of fused-ring (bicyclic) bond motifs is 1. The van der Waals surface area contributed by atoms with E-state index in [4.69, 9.17) is 27.8 Å². The number of nitrogens with two attached hydrogens (primary N) is 2. The Balaban J connectivity index is 1.78. The molecule has 2 atom stereocenters. The number of nitrogens with one attached hydrogen (secondary N) is 1. The van der Waals surface area contributed by atoms with Crippen molar-refractivity contribution in [1.29, 1.82) is 5.26 Å². The highest BCUT2D eigenvalue weighted by atomic mass is 35.5. The zero-order valence-corrected chi connectivity index (χ0v) is 22.7. The molecule has 0 aliphatic heterocycles. The number of pyridine rings is 2. The number of rotatable bonds is 10. The predicted molar refractivity (Wildman–Crippen MR) is 151 cm³/mol. The summed E-state index contributed by atoms with van der Waals surface area (Å²) in [5.41, 5.74) is 12.9. The van der Waals surface area contributed by atoms with Gasteiger partial charge in [0.25, 0.3) is 11.5 Å². The minimum absolute atomic E-state index is 0.207. The van der Waals surface area contributed by atoms with Gasteiger partial charge in [-0.25, -0.2) is 4.52 Å². The Bertz CT molecular complexity index is 1690. The summed E-state index contributed by atoms with van der Waals surface area (Å²) in [6.45, 7) is 2.29. The molecular weight excluding hydrogens is 534 g/mol. The highest BCUT2D eigenvalue weighted by Gasteiger charge is 2.29. The number of methoxy groups -OCH3 is 1. The van der Waals surface area contributed by atoms with E-state index in [-0.39, 0.29) is 17.2 Å². The molecule has 12 heteroatoms. The molecule has 0 saturated heterocycles. The molecule has 0 spiro atoms. The zero-order chi connectivity index (χ0) is 29.0. The second kappa shape index (κ2) is 12.0. The first kappa shape index (κ1) is 28.4. The van der Waals surface area contributed by atoms with Crippen LogP contribution in [0.1, 0.15) is 41.7 Å². The van der Waals surface area contributed by atoms with Gasteiger partial charge in [-0.05, 0) is 55.6 Å². The normalized spacial score (nSPS) is 12.5. The molecule has 2 amide bonds. The van der Waals surface area contributed by atoms with Gasteiger partial charge in [0.2, 0.25) is 5.91 Å². The van der Waals surface area contributed by atoms with Gasteiger partial charge in [-0.15, -0.1) is 0 Å². The van der Waals surface area contributed by atoms with E-state index in [1.54, 1.807) is 36.5 Å². The van der Waals surface area contributed by atoms with Crippen molar-refractivity contribution >= 4 is 34.6 Å². The van der Waals surface area contributed by atoms with Crippen molar-refractivity contribution in [1.82, 2.24) is 14.2 Å². The average molecular weight is 562 g/mol. The number of carbonyl (C=O) groups excluding carboxylic acids is 2. The fraction of sp³-hybridized carbons (Fsp3) is 0.250. The molecule has 0 saturated carbocycles. The molecule has 11 nitrogen and oxygen atoms in total. The number of anilines is 1. The summed E-state index contributed by atoms with van der Waals surface area (Å²) in [6.07, 6.45) is 5.63. The molecule has 0 fully saturated rings. The third kappa shape index (κ3) is 5.68. The summed E-state index contributed by atoms with van der Waals surface area (Å²) in [5.74, 6) is -1.11. The topological polar surface area (TPSA) is 171 Å². The second-order valence-corrected chi connectivity index (χ2v) is 9.75. The van der Waals surface area contributed by atoms with Crippen LogP contribution in [0, 0.1) is 17.2 Å². The summed E-state index contributed by atoms with van der Waals surface area (Å²) in [5, 5.41) is 16.9. The molecule has 0 aliphatic carbocycles. The monoisotopic (exact) mass is 561 g/mol. The van der Waals surface area contributed by atoms with Crippen LogP contribution in [0.5, 0.6) is 5.75 Å². The minimum Gasteiger partial charge on any atom is -0.495 e. The standard InChI is InChI=1S/C28H28ClN7O4/c1-16(4-3-8-30)26(28(39)34-19-7-9-36-23(11-19)22(14-33-36)27(32)38)35-15-24(40-2)21(12-25(35)37)20-10-18(29)6-5-17(20)13-31/h5-7,9-12,14-16,26H,3-4,8,30H2,1-2H3,(H2,32,38)(H,34,39)/t16-,26+/m1/s1. The molecule has 0 unspecified atom stereocenters. The van der Waals surface area contributed by atoms with Crippen LogP contribution in [0.25, 0.3) is 16.6 Å². The number of amides is 2. The molecule has 4 aromatic rings. The first-order valence-electron chi connectivity index (χ1n) is 12.5. The van der Waals surface area contributed by atoms with Crippen molar-refractivity contribution in [2.24, 2.45) is 17.4 Å². The summed E-state index contributed by atoms with van der Waals surface area (Å²) in [7, 11) is 1.44. The lowest BCUT2D eigenvalue weighted by atomic mass is 9.94. The van der Waals surface area contributed by atoms with Gasteiger partial charge >= 0.3 is 0 Å². The van der Waals surface area contributed by atoms with Crippen LogP contribution in [-0.2, 0) is 4.79 Å². The van der Waals surface area contributed by atoms with E-state index in [0.29, 0.717) is 52.3 Å². The number of hydrogen-bond donors (Lipinski definition) is 3. The number of primary amides is 1. The summed E-state index contributed by atoms with van der Waals surface area (Å²) in [4.78, 5) is 39.0. The lowest BCUT2D eigenvalue weighted by Gasteiger charge is -2.26. The third-order valence-electron chi connectivity index (χ3n) is 6.68. The number of nitriles is 1. The summed E-state index contributed by atoms with van der Waals surface area (Å²) in [6, 6.07) is 10.4. The molecule has 3 aromatic heterocycles. The predicted octanol–water partition coefficient (Wildman–Crippen LogP) is 3.35. The molecule has 4 rings (SSSR count). The van der Waals surface area contributed by atoms with Crippen LogP contribution < -0.4 is 27.1 Å². The minimum atomic E-state index is -0.937. The van der Waals surface area contributed by atoms with Crippen molar-refractivity contribution in [2.45, 2.75) is 25.8 Å². The van der Waals surface area contributed by atoms with Gasteiger partial charge in [0, 0.05) is 34.1 Å². The van der Waals surface area contributed by atoms with Crippen LogP contribution in [0.2, 0.25) is 5.02 Å². The Hall–Kier alpha value is -4.66. The van der Waals surface area contributed by atoms with Crippen molar-refractivity contribution in [3.05, 3.63) is 81.5 Å². The Morgan fingerprint density at radius 1 is 1.23 bits per heavy atom. The van der Waals surface area contributed by atoms with E-state index in [2.05, 4.69) is 16.5 Å². The van der Waals surface area contributed by atoms with Crippen LogP contribution in [0.15, 0.2) is 59.8 Å². The maximum Gasteiger partial charge on any atom is 0.252 e. The maximum atomic E-state index is 13.7. The van der Waals surface area contributed by atoms with Gasteiger partial charge in [-0.3, -0.25) is 19.0 Å². The Kier molecular flexibility index (Phi) is 8.52. The summed E-state index contributed by atoms with van der Waals surface area (Å²) < 4.78 is 8.39. The van der Waals surface area contributed by atoms with Crippen LogP contribution >= 0.6 is 11.6 Å². The van der Waals surface area contributed by atoms with Crippen LogP contribution in [0.3, 0.4) is 0 Å². The van der Waals surface area contributed by atoms with E-state index < -0.39 is 23.4 Å². The van der Waals surface area contributed by atoms with Gasteiger partial charge in [0.05, 0.1) is 42.2 Å². The Labute approximate surface area is 234 Å². The van der Waals surface area contributed by atoms with E-state index in [1.807, 2.05) is 6.92 Å². The second-order valence-electron chi connectivity index (χ2n) is 9.31. The SMILES string of the molecule is COc1cn([C@H](C(=O)Nc2ccn3ncc(C(N)=O)c3c2)[C@H](C)CCCN)c(=O)cc1-c1cc(Cl)ccc1C#N. The number of carbonyl (C=O) groups is 2. The van der Waals surface area contributed by atoms with Gasteiger partial charge < -0.3 is 21.5 Å². The number of aromatic nitrogens is 3. The van der Waals surface area contributed by atoms with Crippen molar-refractivity contribution in [3.63, 3.8) is 0 Å². The van der Waals surface area contributed by atoms with Gasteiger partial charge in [0.15, 0.2) is 0 Å². The lowest BCUT2D eigenvalue weighted by molar-refractivity contribution is -0.120.